The van der Waals surface area contributed by atoms with Gasteiger partial charge in [0.15, 0.2) is 6.67 Å². The minimum atomic E-state index is 0.702. The van der Waals surface area contributed by atoms with Crippen molar-refractivity contribution in [3.63, 3.8) is 0 Å². The first-order valence-electron chi connectivity index (χ1n) is 9.16. The van der Waals surface area contributed by atoms with Gasteiger partial charge in [0, 0.05) is 10.7 Å². The lowest BCUT2D eigenvalue weighted by molar-refractivity contribution is -0.924. The molecule has 0 bridgehead atoms. The average Bonchev–Trinajstić information content (AvgIpc) is 3.06. The van der Waals surface area contributed by atoms with Crippen molar-refractivity contribution >= 4 is 29.5 Å². The van der Waals surface area contributed by atoms with Gasteiger partial charge in [-0.15, -0.1) is 0 Å². The fraction of sp³-hybridized carbons (Fsp3) is 0.300. The van der Waals surface area contributed by atoms with Crippen molar-refractivity contribution in [2.75, 3.05) is 31.1 Å². The second-order valence-corrected chi connectivity index (χ2v) is 7.72. The zero-order valence-electron chi connectivity index (χ0n) is 15.3. The Bertz CT molecular complexity index is 974. The van der Waals surface area contributed by atoms with E-state index in [0.717, 1.165) is 49.1 Å². The van der Waals surface area contributed by atoms with Crippen LogP contribution in [0.3, 0.4) is 0 Å². The molecule has 4 rings (SSSR count). The molecule has 1 saturated heterocycles. The summed E-state index contributed by atoms with van der Waals surface area (Å²) < 4.78 is 4.53. The van der Waals surface area contributed by atoms with Gasteiger partial charge in [-0.2, -0.15) is 9.78 Å². The highest BCUT2D eigenvalue weighted by molar-refractivity contribution is 7.71. The highest BCUT2D eigenvalue weighted by atomic mass is 35.5. The maximum Gasteiger partial charge on any atom is 0.207 e. The van der Waals surface area contributed by atoms with Crippen LogP contribution in [0.15, 0.2) is 54.9 Å². The van der Waals surface area contributed by atoms with Crippen LogP contribution in [0.2, 0.25) is 5.02 Å². The normalized spacial score (nSPS) is 15.3. The first kappa shape index (κ1) is 18.2. The van der Waals surface area contributed by atoms with Crippen molar-refractivity contribution in [3.05, 3.63) is 70.2 Å². The molecule has 7 heteroatoms. The number of hydrogen-bond acceptors (Lipinski definition) is 3. The van der Waals surface area contributed by atoms with Crippen LogP contribution in [-0.4, -0.2) is 40.5 Å². The van der Waals surface area contributed by atoms with E-state index in [2.05, 4.69) is 40.3 Å². The Morgan fingerprint density at radius 3 is 2.52 bits per heavy atom. The fourth-order valence-electron chi connectivity index (χ4n) is 3.44. The van der Waals surface area contributed by atoms with E-state index in [9.17, 15) is 0 Å². The van der Waals surface area contributed by atoms with Crippen LogP contribution in [0.4, 0.5) is 5.69 Å². The number of piperazine rings is 1. The molecule has 1 fully saturated rings. The molecule has 0 radical (unpaired) electrons. The maximum atomic E-state index is 6.26. The summed E-state index contributed by atoms with van der Waals surface area (Å²) in [4.78, 5) is 3.93. The van der Waals surface area contributed by atoms with Crippen LogP contribution in [0.5, 0.6) is 0 Å². The number of nitrogens with zero attached hydrogens (tertiary/aromatic N) is 4. The van der Waals surface area contributed by atoms with Crippen molar-refractivity contribution in [2.45, 2.75) is 13.6 Å². The van der Waals surface area contributed by atoms with Gasteiger partial charge in [0.1, 0.15) is 6.33 Å². The summed E-state index contributed by atoms with van der Waals surface area (Å²) in [6.07, 6.45) is 1.78. The quantitative estimate of drug-likeness (QED) is 0.683. The molecule has 3 aromatic rings. The minimum absolute atomic E-state index is 0.702. The number of anilines is 1. The van der Waals surface area contributed by atoms with Crippen molar-refractivity contribution in [1.29, 1.82) is 0 Å². The maximum absolute atomic E-state index is 6.26. The van der Waals surface area contributed by atoms with Crippen LogP contribution in [0.25, 0.3) is 5.69 Å². The van der Waals surface area contributed by atoms with Gasteiger partial charge in [-0.25, -0.2) is 0 Å². The second-order valence-electron chi connectivity index (χ2n) is 6.95. The molecule has 27 heavy (non-hydrogen) atoms. The Balaban J connectivity index is 1.43. The number of aryl methyl sites for hydroxylation is 1. The van der Waals surface area contributed by atoms with Gasteiger partial charge in [-0.3, -0.25) is 4.57 Å². The smallest absolute Gasteiger partial charge is 0.207 e. The molecular weight excluding hydrogens is 378 g/mol. The van der Waals surface area contributed by atoms with Crippen LogP contribution in [-0.2, 0) is 6.67 Å². The van der Waals surface area contributed by atoms with Crippen LogP contribution in [0.1, 0.15) is 5.56 Å². The fourth-order valence-corrected chi connectivity index (χ4v) is 3.88. The molecule has 2 heterocycles. The number of quaternary nitrogens is 1. The highest BCUT2D eigenvalue weighted by Crippen LogP contribution is 2.19. The number of hydrogen-bond donors (Lipinski definition) is 1. The van der Waals surface area contributed by atoms with Crippen LogP contribution < -0.4 is 9.80 Å². The molecule has 1 aliphatic heterocycles. The predicted molar refractivity (Wildman–Crippen MR) is 111 cm³/mol. The molecule has 0 amide bonds. The topological polar surface area (TPSA) is 30.4 Å². The van der Waals surface area contributed by atoms with Gasteiger partial charge >= 0.3 is 0 Å². The molecule has 1 N–H and O–H groups in total. The average molecular weight is 401 g/mol. The Labute approximate surface area is 169 Å². The third-order valence-corrected chi connectivity index (χ3v) is 5.95. The lowest BCUT2D eigenvalue weighted by Crippen LogP contribution is -3.14. The first-order valence-corrected chi connectivity index (χ1v) is 9.95. The van der Waals surface area contributed by atoms with E-state index >= 15 is 0 Å². The molecule has 0 aliphatic carbocycles. The number of nitrogens with one attached hydrogen (secondary N) is 1. The van der Waals surface area contributed by atoms with E-state index in [-0.39, 0.29) is 0 Å². The third kappa shape index (κ3) is 3.93. The lowest BCUT2D eigenvalue weighted by atomic mass is 10.2. The van der Waals surface area contributed by atoms with Gasteiger partial charge in [-0.1, -0.05) is 35.9 Å². The Kier molecular flexibility index (Phi) is 5.29. The summed E-state index contributed by atoms with van der Waals surface area (Å²) in [6.45, 7) is 7.00. The summed E-state index contributed by atoms with van der Waals surface area (Å²) in [6, 6.07) is 16.6. The lowest BCUT2D eigenvalue weighted by Gasteiger charge is -2.33. The van der Waals surface area contributed by atoms with Gasteiger partial charge in [0.25, 0.3) is 0 Å². The van der Waals surface area contributed by atoms with E-state index in [4.69, 9.17) is 23.8 Å². The first-order chi connectivity index (χ1) is 13.1. The molecule has 5 nitrogen and oxygen atoms in total. The SMILES string of the molecule is Cc1ccc(-n2cnn(C[NH+]3CCN(c4ccccc4)CC3)c2=S)cc1Cl. The van der Waals surface area contributed by atoms with E-state index in [1.54, 1.807) is 6.33 Å². The standard InChI is InChI=1S/C20H22ClN5S/c1-16-7-8-18(13-19(16)21)25-14-22-26(20(25)27)15-23-9-11-24(12-10-23)17-5-3-2-4-6-17/h2-8,13-14H,9-12,15H2,1H3/p+1. The molecule has 0 spiro atoms. The molecule has 2 aromatic carbocycles. The molecule has 1 aromatic heterocycles. The number of para-hydroxylation sites is 1. The largest absolute Gasteiger partial charge is 0.360 e. The summed E-state index contributed by atoms with van der Waals surface area (Å²) in [5.74, 6) is 0. The van der Waals surface area contributed by atoms with Crippen LogP contribution >= 0.6 is 23.8 Å². The molecule has 1 aliphatic rings. The summed E-state index contributed by atoms with van der Waals surface area (Å²) in [5.41, 5.74) is 3.31. The van der Waals surface area contributed by atoms with Crippen LogP contribution in [0, 0.1) is 11.7 Å². The number of halogens is 1. The van der Waals surface area contributed by atoms with E-state index in [1.165, 1.54) is 10.6 Å². The van der Waals surface area contributed by atoms with E-state index < -0.39 is 0 Å². The summed E-state index contributed by atoms with van der Waals surface area (Å²) in [7, 11) is 0. The zero-order chi connectivity index (χ0) is 18.8. The number of benzene rings is 2. The summed E-state index contributed by atoms with van der Waals surface area (Å²) >= 11 is 11.9. The number of aromatic nitrogens is 3. The van der Waals surface area contributed by atoms with Gasteiger partial charge in [-0.05, 0) is 49.0 Å². The van der Waals surface area contributed by atoms with Gasteiger partial charge in [0.05, 0.1) is 31.9 Å². The monoisotopic (exact) mass is 400 g/mol. The van der Waals surface area contributed by atoms with Crippen molar-refractivity contribution in [1.82, 2.24) is 14.3 Å². The summed E-state index contributed by atoms with van der Waals surface area (Å²) in [5, 5.41) is 5.25. The molecule has 0 saturated carbocycles. The Morgan fingerprint density at radius 2 is 1.81 bits per heavy atom. The van der Waals surface area contributed by atoms with Crippen molar-refractivity contribution < 1.29 is 4.90 Å². The molecule has 0 unspecified atom stereocenters. The number of rotatable bonds is 4. The highest BCUT2D eigenvalue weighted by Gasteiger charge is 2.21. The van der Waals surface area contributed by atoms with Crippen molar-refractivity contribution in [2.24, 2.45) is 0 Å². The van der Waals surface area contributed by atoms with Crippen molar-refractivity contribution in [3.8, 4) is 5.69 Å². The minimum Gasteiger partial charge on any atom is -0.360 e. The van der Waals surface area contributed by atoms with E-state index in [0.29, 0.717) is 4.77 Å². The third-order valence-electron chi connectivity index (χ3n) is 5.13. The Hall–Kier alpha value is -2.15. The predicted octanol–water partition coefficient (Wildman–Crippen LogP) is 2.73. The zero-order valence-corrected chi connectivity index (χ0v) is 16.9. The molecule has 0 atom stereocenters. The van der Waals surface area contributed by atoms with E-state index in [1.807, 2.05) is 34.4 Å². The molecule has 140 valence electrons. The van der Waals surface area contributed by atoms with Gasteiger partial charge < -0.3 is 9.80 Å². The molecular formula is C20H23ClN5S+. The second kappa shape index (κ2) is 7.84. The Morgan fingerprint density at radius 1 is 1.07 bits per heavy atom. The van der Waals surface area contributed by atoms with Gasteiger partial charge in [0.2, 0.25) is 4.77 Å².